The maximum absolute atomic E-state index is 12.9. The van der Waals surface area contributed by atoms with E-state index in [4.69, 9.17) is 28.9 Å². The van der Waals surface area contributed by atoms with Gasteiger partial charge in [0.25, 0.3) is 0 Å². The highest BCUT2D eigenvalue weighted by Gasteiger charge is 2.13. The van der Waals surface area contributed by atoms with Gasteiger partial charge in [0.05, 0.1) is 0 Å². The molecule has 2 rings (SSSR count). The van der Waals surface area contributed by atoms with Gasteiger partial charge in [-0.2, -0.15) is 0 Å². The number of hydrogen-bond acceptors (Lipinski definition) is 1. The molecule has 0 saturated carbocycles. The van der Waals surface area contributed by atoms with Crippen LogP contribution in [0.5, 0.6) is 0 Å². The SMILES string of the molecule is NCC(Cc1ccc(Cl)cc1Cl)c1ccc(F)cc1. The third-order valence-corrected chi connectivity index (χ3v) is 3.69. The van der Waals surface area contributed by atoms with Gasteiger partial charge in [-0.25, -0.2) is 4.39 Å². The molecule has 2 aromatic rings. The molecule has 0 amide bonds. The highest BCUT2D eigenvalue weighted by molar-refractivity contribution is 6.35. The molecule has 1 unspecified atom stereocenters. The van der Waals surface area contributed by atoms with Crippen molar-refractivity contribution in [2.75, 3.05) is 6.54 Å². The molecule has 1 atom stereocenters. The van der Waals surface area contributed by atoms with E-state index in [9.17, 15) is 4.39 Å². The predicted octanol–water partition coefficient (Wildman–Crippen LogP) is 4.42. The van der Waals surface area contributed by atoms with E-state index >= 15 is 0 Å². The van der Waals surface area contributed by atoms with Gasteiger partial charge in [0.15, 0.2) is 0 Å². The molecule has 4 heteroatoms. The summed E-state index contributed by atoms with van der Waals surface area (Å²) in [7, 11) is 0. The molecule has 100 valence electrons. The Morgan fingerprint density at radius 2 is 1.74 bits per heavy atom. The number of rotatable bonds is 4. The van der Waals surface area contributed by atoms with Gasteiger partial charge in [0, 0.05) is 16.0 Å². The van der Waals surface area contributed by atoms with Gasteiger partial charge in [-0.1, -0.05) is 41.4 Å². The summed E-state index contributed by atoms with van der Waals surface area (Å²) in [6, 6.07) is 11.8. The summed E-state index contributed by atoms with van der Waals surface area (Å²) in [5.41, 5.74) is 7.81. The molecule has 0 saturated heterocycles. The van der Waals surface area contributed by atoms with E-state index in [1.165, 1.54) is 12.1 Å². The standard InChI is InChI=1S/C15H14Cl2FN/c16-13-4-1-11(15(17)8-13)7-12(9-19)10-2-5-14(18)6-3-10/h1-6,8,12H,7,9,19H2. The largest absolute Gasteiger partial charge is 0.330 e. The molecule has 0 aliphatic heterocycles. The average Bonchev–Trinajstić information content (AvgIpc) is 2.39. The molecule has 1 nitrogen and oxygen atoms in total. The normalized spacial score (nSPS) is 12.4. The lowest BCUT2D eigenvalue weighted by Crippen LogP contribution is -2.15. The van der Waals surface area contributed by atoms with E-state index in [0.29, 0.717) is 23.0 Å². The maximum atomic E-state index is 12.9. The van der Waals surface area contributed by atoms with Crippen molar-refractivity contribution in [3.05, 3.63) is 69.5 Å². The second-order valence-corrected chi connectivity index (χ2v) is 5.27. The fourth-order valence-corrected chi connectivity index (χ4v) is 2.51. The zero-order valence-corrected chi connectivity index (χ0v) is 11.8. The summed E-state index contributed by atoms with van der Waals surface area (Å²) in [5, 5.41) is 1.24. The van der Waals surface area contributed by atoms with Crippen molar-refractivity contribution in [3.8, 4) is 0 Å². The third-order valence-electron chi connectivity index (χ3n) is 3.11. The van der Waals surface area contributed by atoms with Crippen LogP contribution in [0.3, 0.4) is 0 Å². The van der Waals surface area contributed by atoms with Crippen LogP contribution in [-0.4, -0.2) is 6.54 Å². The van der Waals surface area contributed by atoms with Gasteiger partial charge >= 0.3 is 0 Å². The van der Waals surface area contributed by atoms with Crippen LogP contribution in [0.15, 0.2) is 42.5 Å². The Bertz CT molecular complexity index is 555. The quantitative estimate of drug-likeness (QED) is 0.888. The lowest BCUT2D eigenvalue weighted by atomic mass is 9.92. The molecule has 0 aliphatic rings. The number of nitrogens with two attached hydrogens (primary N) is 1. The lowest BCUT2D eigenvalue weighted by molar-refractivity contribution is 0.623. The highest BCUT2D eigenvalue weighted by atomic mass is 35.5. The molecule has 0 radical (unpaired) electrons. The van der Waals surface area contributed by atoms with E-state index in [1.54, 1.807) is 24.3 Å². The zero-order chi connectivity index (χ0) is 13.8. The van der Waals surface area contributed by atoms with Crippen molar-refractivity contribution in [1.82, 2.24) is 0 Å². The topological polar surface area (TPSA) is 26.0 Å². The number of hydrogen-bond donors (Lipinski definition) is 1. The summed E-state index contributed by atoms with van der Waals surface area (Å²) in [6.07, 6.45) is 0.706. The summed E-state index contributed by atoms with van der Waals surface area (Å²) in [6.45, 7) is 0.477. The molecule has 0 aliphatic carbocycles. The van der Waals surface area contributed by atoms with Gasteiger partial charge in [0.2, 0.25) is 0 Å². The van der Waals surface area contributed by atoms with Crippen LogP contribution in [0, 0.1) is 5.82 Å². The van der Waals surface area contributed by atoms with E-state index < -0.39 is 0 Å². The predicted molar refractivity (Wildman–Crippen MR) is 78.4 cm³/mol. The minimum Gasteiger partial charge on any atom is -0.330 e. The smallest absolute Gasteiger partial charge is 0.123 e. The van der Waals surface area contributed by atoms with Crippen LogP contribution in [0.4, 0.5) is 4.39 Å². The Balaban J connectivity index is 2.21. The van der Waals surface area contributed by atoms with Crippen LogP contribution in [-0.2, 0) is 6.42 Å². The van der Waals surface area contributed by atoms with Gasteiger partial charge in [-0.3, -0.25) is 0 Å². The van der Waals surface area contributed by atoms with Crippen LogP contribution in [0.1, 0.15) is 17.0 Å². The summed E-state index contributed by atoms with van der Waals surface area (Å²) in [5.74, 6) is -0.136. The molecule has 0 heterocycles. The highest BCUT2D eigenvalue weighted by Crippen LogP contribution is 2.27. The average molecular weight is 298 g/mol. The Hall–Kier alpha value is -1.09. The second kappa shape index (κ2) is 6.38. The van der Waals surface area contributed by atoms with Crippen molar-refractivity contribution < 1.29 is 4.39 Å². The first kappa shape index (κ1) is 14.3. The molecule has 0 spiro atoms. The van der Waals surface area contributed by atoms with Gasteiger partial charge < -0.3 is 5.73 Å². The van der Waals surface area contributed by atoms with Gasteiger partial charge in [-0.15, -0.1) is 0 Å². The van der Waals surface area contributed by atoms with Crippen molar-refractivity contribution in [3.63, 3.8) is 0 Å². The molecule has 0 fully saturated rings. The number of halogens is 3. The van der Waals surface area contributed by atoms with Crippen LogP contribution >= 0.6 is 23.2 Å². The van der Waals surface area contributed by atoms with E-state index in [-0.39, 0.29) is 11.7 Å². The maximum Gasteiger partial charge on any atom is 0.123 e. The zero-order valence-electron chi connectivity index (χ0n) is 10.2. The van der Waals surface area contributed by atoms with Crippen LogP contribution < -0.4 is 5.73 Å². The monoisotopic (exact) mass is 297 g/mol. The Morgan fingerprint density at radius 1 is 1.05 bits per heavy atom. The first-order valence-corrected chi connectivity index (χ1v) is 6.75. The Labute approximate surface area is 122 Å². The minimum absolute atomic E-state index is 0.110. The first-order chi connectivity index (χ1) is 9.10. The molecule has 0 bridgehead atoms. The van der Waals surface area contributed by atoms with Crippen molar-refractivity contribution in [1.29, 1.82) is 0 Å². The second-order valence-electron chi connectivity index (χ2n) is 4.42. The molecule has 2 N–H and O–H groups in total. The summed E-state index contributed by atoms with van der Waals surface area (Å²) < 4.78 is 12.9. The summed E-state index contributed by atoms with van der Waals surface area (Å²) in [4.78, 5) is 0. The van der Waals surface area contributed by atoms with Crippen molar-refractivity contribution >= 4 is 23.2 Å². The lowest BCUT2D eigenvalue weighted by Gasteiger charge is -2.16. The molecule has 2 aromatic carbocycles. The van der Waals surface area contributed by atoms with E-state index in [2.05, 4.69) is 0 Å². The van der Waals surface area contributed by atoms with Crippen LogP contribution in [0.2, 0.25) is 10.0 Å². The van der Waals surface area contributed by atoms with Crippen molar-refractivity contribution in [2.24, 2.45) is 5.73 Å². The van der Waals surface area contributed by atoms with Crippen molar-refractivity contribution in [2.45, 2.75) is 12.3 Å². The minimum atomic E-state index is -0.246. The van der Waals surface area contributed by atoms with E-state index in [1.807, 2.05) is 6.07 Å². The number of benzene rings is 2. The Morgan fingerprint density at radius 3 is 2.32 bits per heavy atom. The van der Waals surface area contributed by atoms with Crippen LogP contribution in [0.25, 0.3) is 0 Å². The molecule has 19 heavy (non-hydrogen) atoms. The Kier molecular flexibility index (Phi) is 4.81. The fraction of sp³-hybridized carbons (Fsp3) is 0.200. The summed E-state index contributed by atoms with van der Waals surface area (Å²) >= 11 is 12.0. The molecular formula is C15H14Cl2FN. The van der Waals surface area contributed by atoms with Gasteiger partial charge in [0.1, 0.15) is 5.82 Å². The first-order valence-electron chi connectivity index (χ1n) is 5.99. The fourth-order valence-electron chi connectivity index (χ4n) is 2.02. The molecular weight excluding hydrogens is 284 g/mol. The molecule has 0 aromatic heterocycles. The van der Waals surface area contributed by atoms with Gasteiger partial charge in [-0.05, 0) is 48.4 Å². The third kappa shape index (κ3) is 3.69. The van der Waals surface area contributed by atoms with E-state index in [0.717, 1.165) is 11.1 Å².